The van der Waals surface area contributed by atoms with Gasteiger partial charge in [-0.3, -0.25) is 9.59 Å². The highest BCUT2D eigenvalue weighted by Crippen LogP contribution is 2.31. The molecule has 5 nitrogen and oxygen atoms in total. The maximum Gasteiger partial charge on any atom is 0.262 e. The summed E-state index contributed by atoms with van der Waals surface area (Å²) in [6, 6.07) is 18.4. The molecule has 4 aromatic rings. The number of halogens is 3. The number of rotatable bonds is 5. The molecule has 0 atom stereocenters. The molecule has 0 bridgehead atoms. The van der Waals surface area contributed by atoms with Crippen molar-refractivity contribution in [1.82, 2.24) is 0 Å². The van der Waals surface area contributed by atoms with Gasteiger partial charge in [0.05, 0.1) is 5.39 Å². The van der Waals surface area contributed by atoms with Crippen molar-refractivity contribution in [2.24, 2.45) is 0 Å². The van der Waals surface area contributed by atoms with Crippen LogP contribution in [0.25, 0.3) is 22.3 Å². The molecule has 0 fully saturated rings. The van der Waals surface area contributed by atoms with E-state index < -0.39 is 17.9 Å². The number of nitrogens with one attached hydrogen (secondary N) is 1. The van der Waals surface area contributed by atoms with Crippen LogP contribution in [-0.2, 0) is 4.79 Å². The lowest BCUT2D eigenvalue weighted by Crippen LogP contribution is -2.22. The van der Waals surface area contributed by atoms with Gasteiger partial charge in [-0.25, -0.2) is 0 Å². The van der Waals surface area contributed by atoms with E-state index in [0.717, 1.165) is 0 Å². The fraction of sp³-hybridized carbons (Fsp3) is 0.0435. The second kappa shape index (κ2) is 9.02. The summed E-state index contributed by atoms with van der Waals surface area (Å²) in [5, 5.41) is 4.02. The van der Waals surface area contributed by atoms with Crippen molar-refractivity contribution in [1.29, 1.82) is 0 Å². The van der Waals surface area contributed by atoms with Crippen molar-refractivity contribution in [3.63, 3.8) is 0 Å². The van der Waals surface area contributed by atoms with Crippen LogP contribution >= 0.6 is 34.8 Å². The van der Waals surface area contributed by atoms with Gasteiger partial charge >= 0.3 is 0 Å². The van der Waals surface area contributed by atoms with E-state index >= 15 is 0 Å². The Morgan fingerprint density at radius 1 is 0.903 bits per heavy atom. The Balaban J connectivity index is 1.67. The Morgan fingerprint density at radius 3 is 2.32 bits per heavy atom. The fourth-order valence-corrected chi connectivity index (χ4v) is 3.72. The first-order valence-electron chi connectivity index (χ1n) is 9.11. The molecule has 0 saturated carbocycles. The minimum absolute atomic E-state index is 0.0831. The molecule has 0 aliphatic carbocycles. The first-order valence-corrected chi connectivity index (χ1v) is 10.2. The first-order chi connectivity index (χ1) is 14.9. The highest BCUT2D eigenvalue weighted by atomic mass is 35.5. The third-order valence-corrected chi connectivity index (χ3v) is 5.01. The van der Waals surface area contributed by atoms with Crippen LogP contribution in [0.2, 0.25) is 15.1 Å². The lowest BCUT2D eigenvalue weighted by Gasteiger charge is -2.12. The van der Waals surface area contributed by atoms with Crippen LogP contribution in [0.4, 0.5) is 5.69 Å². The van der Waals surface area contributed by atoms with E-state index in [9.17, 15) is 9.59 Å². The van der Waals surface area contributed by atoms with E-state index in [4.69, 9.17) is 44.0 Å². The first kappa shape index (κ1) is 21.2. The number of carbonyl (C=O) groups is 1. The van der Waals surface area contributed by atoms with Gasteiger partial charge in [-0.1, -0.05) is 65.1 Å². The Morgan fingerprint density at radius 2 is 1.61 bits per heavy atom. The smallest absolute Gasteiger partial charge is 0.262 e. The second-order valence-corrected chi connectivity index (χ2v) is 7.90. The summed E-state index contributed by atoms with van der Waals surface area (Å²) in [5.41, 5.74) is 0.972. The molecule has 4 rings (SSSR count). The number of carbonyl (C=O) groups excluding carboxylic acids is 1. The van der Waals surface area contributed by atoms with E-state index in [2.05, 4.69) is 5.32 Å². The van der Waals surface area contributed by atoms with Crippen LogP contribution in [0, 0.1) is 0 Å². The molecule has 0 radical (unpaired) electrons. The van der Waals surface area contributed by atoms with Crippen LogP contribution < -0.4 is 15.5 Å². The molecule has 1 aromatic heterocycles. The third kappa shape index (κ3) is 4.85. The van der Waals surface area contributed by atoms with E-state index in [-0.39, 0.29) is 16.9 Å². The summed E-state index contributed by atoms with van der Waals surface area (Å²) in [6.45, 7) is -0.430. The molecule has 31 heavy (non-hydrogen) atoms. The maximum atomic E-state index is 13.1. The summed E-state index contributed by atoms with van der Waals surface area (Å²) < 4.78 is 11.6. The van der Waals surface area contributed by atoms with E-state index in [1.165, 1.54) is 6.07 Å². The quantitative estimate of drug-likeness (QED) is 0.361. The van der Waals surface area contributed by atoms with Crippen LogP contribution in [0.3, 0.4) is 0 Å². The molecule has 0 unspecified atom stereocenters. The zero-order valence-corrected chi connectivity index (χ0v) is 18.1. The van der Waals surface area contributed by atoms with E-state index in [1.807, 2.05) is 6.07 Å². The Labute approximate surface area is 192 Å². The molecule has 0 spiro atoms. The standard InChI is InChI=1S/C23H14Cl3NO4/c24-14-6-7-19-18(11-14)21(29)23(22(31-19)13-4-2-1-3-5-13)30-12-20(28)27-17-9-15(25)8-16(26)10-17/h1-11H,12H2,(H,27,28). The molecule has 0 aliphatic rings. The summed E-state index contributed by atoms with van der Waals surface area (Å²) >= 11 is 17.9. The predicted octanol–water partition coefficient (Wildman–Crippen LogP) is 6.44. The third-order valence-electron chi connectivity index (χ3n) is 4.34. The normalized spacial score (nSPS) is 10.8. The zero-order valence-electron chi connectivity index (χ0n) is 15.8. The van der Waals surface area contributed by atoms with Gasteiger partial charge in [0.25, 0.3) is 5.91 Å². The Bertz CT molecular complexity index is 1320. The van der Waals surface area contributed by atoms with Gasteiger partial charge < -0.3 is 14.5 Å². The number of fused-ring (bicyclic) bond motifs is 1. The maximum absolute atomic E-state index is 13.1. The van der Waals surface area contributed by atoms with Crippen molar-refractivity contribution >= 4 is 57.4 Å². The summed E-state index contributed by atoms with van der Waals surface area (Å²) in [5.74, 6) is -0.359. The lowest BCUT2D eigenvalue weighted by atomic mass is 10.1. The molecule has 156 valence electrons. The summed E-state index contributed by atoms with van der Waals surface area (Å²) in [7, 11) is 0. The van der Waals surface area contributed by atoms with Crippen molar-refractivity contribution in [3.8, 4) is 17.1 Å². The van der Waals surface area contributed by atoms with Gasteiger partial charge in [0.1, 0.15) is 5.58 Å². The number of amides is 1. The molecule has 1 N–H and O–H groups in total. The molecule has 0 aliphatic heterocycles. The summed E-state index contributed by atoms with van der Waals surface area (Å²) in [4.78, 5) is 25.5. The largest absolute Gasteiger partial charge is 0.476 e. The fourth-order valence-electron chi connectivity index (χ4n) is 3.02. The van der Waals surface area contributed by atoms with Gasteiger partial charge in [-0.15, -0.1) is 0 Å². The topological polar surface area (TPSA) is 68.5 Å². The average molecular weight is 475 g/mol. The highest BCUT2D eigenvalue weighted by Gasteiger charge is 2.19. The molecular formula is C23H14Cl3NO4. The SMILES string of the molecule is O=C(COc1c(-c2ccccc2)oc2ccc(Cl)cc2c1=O)Nc1cc(Cl)cc(Cl)c1. The van der Waals surface area contributed by atoms with Gasteiger partial charge in [0.15, 0.2) is 12.4 Å². The van der Waals surface area contributed by atoms with E-state index in [0.29, 0.717) is 31.9 Å². The zero-order chi connectivity index (χ0) is 22.0. The molecular weight excluding hydrogens is 461 g/mol. The molecule has 3 aromatic carbocycles. The number of anilines is 1. The van der Waals surface area contributed by atoms with Gasteiger partial charge in [-0.2, -0.15) is 0 Å². The van der Waals surface area contributed by atoms with Crippen LogP contribution in [0.5, 0.6) is 5.75 Å². The van der Waals surface area contributed by atoms with Crippen molar-refractivity contribution in [3.05, 3.63) is 92.0 Å². The molecule has 1 amide bonds. The number of hydrogen-bond acceptors (Lipinski definition) is 4. The van der Waals surface area contributed by atoms with Crippen LogP contribution in [0.15, 0.2) is 75.9 Å². The number of ether oxygens (including phenoxy) is 1. The predicted molar refractivity (Wildman–Crippen MR) is 124 cm³/mol. The average Bonchev–Trinajstić information content (AvgIpc) is 2.73. The minimum atomic E-state index is -0.497. The van der Waals surface area contributed by atoms with Gasteiger partial charge in [0.2, 0.25) is 11.2 Å². The van der Waals surface area contributed by atoms with Crippen molar-refractivity contribution in [2.75, 3.05) is 11.9 Å². The monoisotopic (exact) mass is 473 g/mol. The van der Waals surface area contributed by atoms with E-state index in [1.54, 1.807) is 54.6 Å². The number of benzene rings is 3. The van der Waals surface area contributed by atoms with Crippen LogP contribution in [0.1, 0.15) is 0 Å². The second-order valence-electron chi connectivity index (χ2n) is 6.59. The summed E-state index contributed by atoms with van der Waals surface area (Å²) in [6.07, 6.45) is 0. The highest BCUT2D eigenvalue weighted by molar-refractivity contribution is 6.35. The van der Waals surface area contributed by atoms with Crippen molar-refractivity contribution in [2.45, 2.75) is 0 Å². The minimum Gasteiger partial charge on any atom is -0.476 e. The van der Waals surface area contributed by atoms with Gasteiger partial charge in [-0.05, 0) is 36.4 Å². The van der Waals surface area contributed by atoms with Crippen LogP contribution in [-0.4, -0.2) is 12.5 Å². The lowest BCUT2D eigenvalue weighted by molar-refractivity contribution is -0.118. The van der Waals surface area contributed by atoms with Crippen molar-refractivity contribution < 1.29 is 13.9 Å². The molecule has 8 heteroatoms. The Kier molecular flexibility index (Phi) is 6.18. The molecule has 0 saturated heterocycles. The molecule has 1 heterocycles. The number of hydrogen-bond donors (Lipinski definition) is 1. The Hall–Kier alpha value is -2.99. The van der Waals surface area contributed by atoms with Gasteiger partial charge in [0, 0.05) is 26.3 Å².